The van der Waals surface area contributed by atoms with E-state index < -0.39 is 16.1 Å². The maximum atomic E-state index is 13.0. The molecule has 7 heteroatoms. The first-order chi connectivity index (χ1) is 12.3. The summed E-state index contributed by atoms with van der Waals surface area (Å²) in [5, 5.41) is 3.43. The average Bonchev–Trinajstić information content (AvgIpc) is 3.08. The molecule has 0 aliphatic carbocycles. The molecule has 0 spiro atoms. The number of hydrogen-bond acceptors (Lipinski definition) is 3. The summed E-state index contributed by atoms with van der Waals surface area (Å²) in [6.07, 6.45) is 1.16. The fraction of sp³-hybridized carbons (Fsp3) is 0.316. The van der Waals surface area contributed by atoms with Crippen LogP contribution in [0.1, 0.15) is 24.0 Å². The lowest BCUT2D eigenvalue weighted by Crippen LogP contribution is -2.43. The molecule has 3 rings (SSSR count). The molecule has 26 heavy (non-hydrogen) atoms. The normalized spacial score (nSPS) is 18.0. The molecule has 0 bridgehead atoms. The fourth-order valence-electron chi connectivity index (χ4n) is 3.12. The lowest BCUT2D eigenvalue weighted by atomic mass is 10.1. The summed E-state index contributed by atoms with van der Waals surface area (Å²) in [6, 6.07) is 11.2. The largest absolute Gasteiger partial charge is 0.324 e. The monoisotopic (exact) mass is 392 g/mol. The standard InChI is InChI=1S/C19H21ClN2O3S/c1-13-5-8-16(9-6-13)26(24,25)22-11-3-4-18(22)19(23)21-17-10-7-15(20)12-14(17)2/h5-10,12,18H,3-4,11H2,1-2H3,(H,21,23)/t18-/m0/s1. The van der Waals surface area contributed by atoms with Crippen molar-refractivity contribution in [3.05, 3.63) is 58.6 Å². The number of halogens is 1. The zero-order valence-electron chi connectivity index (χ0n) is 14.7. The molecule has 0 saturated carbocycles. The minimum atomic E-state index is -3.71. The predicted octanol–water partition coefficient (Wildman–Crippen LogP) is 3.75. The second-order valence-electron chi connectivity index (χ2n) is 6.54. The number of amides is 1. The summed E-state index contributed by atoms with van der Waals surface area (Å²) < 4.78 is 27.2. The summed E-state index contributed by atoms with van der Waals surface area (Å²) in [7, 11) is -3.71. The van der Waals surface area contributed by atoms with Gasteiger partial charge in [-0.25, -0.2) is 8.42 Å². The Morgan fingerprint density at radius 2 is 1.85 bits per heavy atom. The first-order valence-corrected chi connectivity index (χ1v) is 10.3. The van der Waals surface area contributed by atoms with Crippen LogP contribution in [-0.2, 0) is 14.8 Å². The molecule has 0 aromatic heterocycles. The van der Waals surface area contributed by atoms with Crippen molar-refractivity contribution in [3.8, 4) is 0 Å². The Morgan fingerprint density at radius 3 is 2.50 bits per heavy atom. The summed E-state index contributed by atoms with van der Waals surface area (Å²) in [4.78, 5) is 13.0. The van der Waals surface area contributed by atoms with E-state index in [0.29, 0.717) is 30.1 Å². The van der Waals surface area contributed by atoms with E-state index >= 15 is 0 Å². The van der Waals surface area contributed by atoms with Crippen LogP contribution in [0.5, 0.6) is 0 Å². The van der Waals surface area contributed by atoms with Gasteiger partial charge in [-0.05, 0) is 62.6 Å². The molecule has 1 atom stereocenters. The van der Waals surface area contributed by atoms with Gasteiger partial charge in [0.25, 0.3) is 0 Å². The van der Waals surface area contributed by atoms with Gasteiger partial charge >= 0.3 is 0 Å². The van der Waals surface area contributed by atoms with E-state index in [0.717, 1.165) is 11.1 Å². The predicted molar refractivity (Wildman–Crippen MR) is 103 cm³/mol. The second kappa shape index (κ2) is 7.39. The van der Waals surface area contributed by atoms with Crippen molar-refractivity contribution in [2.75, 3.05) is 11.9 Å². The minimum Gasteiger partial charge on any atom is -0.324 e. The van der Waals surface area contributed by atoms with Crippen LogP contribution in [0.25, 0.3) is 0 Å². The number of sulfonamides is 1. The molecular formula is C19H21ClN2O3S. The molecule has 2 aromatic rings. The van der Waals surface area contributed by atoms with Gasteiger partial charge in [-0.3, -0.25) is 4.79 Å². The van der Waals surface area contributed by atoms with Crippen molar-refractivity contribution in [3.63, 3.8) is 0 Å². The second-order valence-corrected chi connectivity index (χ2v) is 8.86. The van der Waals surface area contributed by atoms with Crippen molar-refractivity contribution in [2.24, 2.45) is 0 Å². The van der Waals surface area contributed by atoms with E-state index in [1.807, 2.05) is 13.8 Å². The fourth-order valence-corrected chi connectivity index (χ4v) is 5.00. The highest BCUT2D eigenvalue weighted by Gasteiger charge is 2.39. The van der Waals surface area contributed by atoms with Crippen LogP contribution < -0.4 is 5.32 Å². The number of hydrogen-bond donors (Lipinski definition) is 1. The highest BCUT2D eigenvalue weighted by molar-refractivity contribution is 7.89. The van der Waals surface area contributed by atoms with Crippen LogP contribution in [-0.4, -0.2) is 31.2 Å². The maximum Gasteiger partial charge on any atom is 0.243 e. The van der Waals surface area contributed by atoms with Gasteiger partial charge in [0, 0.05) is 17.3 Å². The van der Waals surface area contributed by atoms with E-state index in [1.165, 1.54) is 4.31 Å². The van der Waals surface area contributed by atoms with Gasteiger partial charge in [0.2, 0.25) is 15.9 Å². The van der Waals surface area contributed by atoms with Crippen molar-refractivity contribution in [1.82, 2.24) is 4.31 Å². The Kier molecular flexibility index (Phi) is 5.37. The van der Waals surface area contributed by atoms with Crippen LogP contribution in [0.4, 0.5) is 5.69 Å². The summed E-state index contributed by atoms with van der Waals surface area (Å²) >= 11 is 5.94. The molecule has 1 amide bonds. The zero-order chi connectivity index (χ0) is 18.9. The van der Waals surface area contributed by atoms with Gasteiger partial charge in [-0.1, -0.05) is 29.3 Å². The van der Waals surface area contributed by atoms with Crippen LogP contribution in [0, 0.1) is 13.8 Å². The Balaban J connectivity index is 1.83. The van der Waals surface area contributed by atoms with Crippen LogP contribution in [0.15, 0.2) is 47.4 Å². The van der Waals surface area contributed by atoms with Gasteiger partial charge in [-0.15, -0.1) is 0 Å². The first kappa shape index (κ1) is 18.9. The van der Waals surface area contributed by atoms with E-state index in [4.69, 9.17) is 11.6 Å². The Labute approximate surface area is 159 Å². The third kappa shape index (κ3) is 3.77. The molecule has 0 radical (unpaired) electrons. The first-order valence-electron chi connectivity index (χ1n) is 8.44. The number of carbonyl (C=O) groups excluding carboxylic acids is 1. The maximum absolute atomic E-state index is 13.0. The van der Waals surface area contributed by atoms with E-state index in [-0.39, 0.29) is 10.8 Å². The highest BCUT2D eigenvalue weighted by atomic mass is 35.5. The highest BCUT2D eigenvalue weighted by Crippen LogP contribution is 2.28. The number of aryl methyl sites for hydroxylation is 2. The summed E-state index contributed by atoms with van der Waals surface area (Å²) in [6.45, 7) is 4.09. The third-order valence-electron chi connectivity index (χ3n) is 4.58. The molecule has 1 heterocycles. The number of rotatable bonds is 4. The van der Waals surface area contributed by atoms with E-state index in [2.05, 4.69) is 5.32 Å². The van der Waals surface area contributed by atoms with Gasteiger partial charge in [0.15, 0.2) is 0 Å². The molecule has 1 aliphatic rings. The smallest absolute Gasteiger partial charge is 0.243 e. The third-order valence-corrected chi connectivity index (χ3v) is 6.74. The molecule has 1 N–H and O–H groups in total. The molecule has 2 aromatic carbocycles. The van der Waals surface area contributed by atoms with Crippen LogP contribution in [0.2, 0.25) is 5.02 Å². The van der Waals surface area contributed by atoms with E-state index in [1.54, 1.807) is 42.5 Å². The Bertz CT molecular complexity index is 926. The van der Waals surface area contributed by atoms with Gasteiger partial charge < -0.3 is 5.32 Å². The van der Waals surface area contributed by atoms with E-state index in [9.17, 15) is 13.2 Å². The number of carbonyl (C=O) groups is 1. The van der Waals surface area contributed by atoms with Crippen LogP contribution >= 0.6 is 11.6 Å². The zero-order valence-corrected chi connectivity index (χ0v) is 16.3. The van der Waals surface area contributed by atoms with Crippen molar-refractivity contribution in [2.45, 2.75) is 37.6 Å². The van der Waals surface area contributed by atoms with Gasteiger partial charge in [0.05, 0.1) is 4.90 Å². The quantitative estimate of drug-likeness (QED) is 0.861. The molecule has 1 saturated heterocycles. The van der Waals surface area contributed by atoms with Crippen molar-refractivity contribution in [1.29, 1.82) is 0 Å². The lowest BCUT2D eigenvalue weighted by molar-refractivity contribution is -0.119. The van der Waals surface area contributed by atoms with Crippen molar-refractivity contribution < 1.29 is 13.2 Å². The van der Waals surface area contributed by atoms with Crippen LogP contribution in [0.3, 0.4) is 0 Å². The number of nitrogens with one attached hydrogen (secondary N) is 1. The molecule has 0 unspecified atom stereocenters. The molecule has 1 aliphatic heterocycles. The number of benzene rings is 2. The topological polar surface area (TPSA) is 66.5 Å². The Hall–Kier alpha value is -1.89. The number of nitrogens with zero attached hydrogens (tertiary/aromatic N) is 1. The van der Waals surface area contributed by atoms with Gasteiger partial charge in [0.1, 0.15) is 6.04 Å². The molecular weight excluding hydrogens is 372 g/mol. The number of anilines is 1. The van der Waals surface area contributed by atoms with Crippen molar-refractivity contribution >= 4 is 33.2 Å². The summed E-state index contributed by atoms with van der Waals surface area (Å²) in [5.41, 5.74) is 2.45. The van der Waals surface area contributed by atoms with Gasteiger partial charge in [-0.2, -0.15) is 4.31 Å². The average molecular weight is 393 g/mol. The molecule has 5 nitrogen and oxygen atoms in total. The lowest BCUT2D eigenvalue weighted by Gasteiger charge is -2.24. The Morgan fingerprint density at radius 1 is 1.15 bits per heavy atom. The molecule has 1 fully saturated rings. The molecule has 138 valence electrons. The SMILES string of the molecule is Cc1ccc(S(=O)(=O)N2CCC[C@H]2C(=O)Nc2ccc(Cl)cc2C)cc1. The summed E-state index contributed by atoms with van der Waals surface area (Å²) in [5.74, 6) is -0.316. The minimum absolute atomic E-state index is 0.213.